The van der Waals surface area contributed by atoms with E-state index < -0.39 is 11.2 Å². The van der Waals surface area contributed by atoms with Crippen molar-refractivity contribution in [1.29, 1.82) is 0 Å². The second kappa shape index (κ2) is 11.8. The van der Waals surface area contributed by atoms with Crippen LogP contribution in [0.1, 0.15) is 84.9 Å². The van der Waals surface area contributed by atoms with Crippen molar-refractivity contribution in [3.63, 3.8) is 0 Å². The van der Waals surface area contributed by atoms with Crippen LogP contribution in [-0.4, -0.2) is 77.4 Å². The zero-order valence-corrected chi connectivity index (χ0v) is 23.4. The zero-order valence-electron chi connectivity index (χ0n) is 23.4. The molecule has 2 aliphatic rings. The Morgan fingerprint density at radius 1 is 1.00 bits per heavy atom. The molecular formula is C28H46N4O4. The quantitative estimate of drug-likeness (QED) is 0.463. The molecule has 0 aromatic carbocycles. The van der Waals surface area contributed by atoms with E-state index in [-0.39, 0.29) is 12.2 Å². The number of unbranched alkanes of at least 4 members (excludes halogenated alkanes) is 2. The number of amides is 2. The first-order valence-electron chi connectivity index (χ1n) is 13.5. The van der Waals surface area contributed by atoms with Gasteiger partial charge in [0.1, 0.15) is 17.0 Å². The Morgan fingerprint density at radius 3 is 2.39 bits per heavy atom. The van der Waals surface area contributed by atoms with E-state index in [2.05, 4.69) is 24.1 Å². The molecule has 0 radical (unpaired) electrons. The Labute approximate surface area is 217 Å². The molecule has 0 N–H and O–H groups in total. The summed E-state index contributed by atoms with van der Waals surface area (Å²) in [5.74, 6) is 0.767. The van der Waals surface area contributed by atoms with E-state index in [0.29, 0.717) is 12.6 Å². The van der Waals surface area contributed by atoms with Gasteiger partial charge in [-0.2, -0.15) is 0 Å². The largest absolute Gasteiger partial charge is 0.444 e. The second-order valence-corrected chi connectivity index (χ2v) is 12.2. The molecule has 0 unspecified atom stereocenters. The topological polar surface area (TPSA) is 75.2 Å². The van der Waals surface area contributed by atoms with Crippen LogP contribution >= 0.6 is 0 Å². The molecule has 8 heteroatoms. The van der Waals surface area contributed by atoms with Crippen molar-refractivity contribution < 1.29 is 19.1 Å². The highest BCUT2D eigenvalue weighted by molar-refractivity contribution is 5.88. The molecule has 36 heavy (non-hydrogen) atoms. The van der Waals surface area contributed by atoms with Crippen LogP contribution in [0.2, 0.25) is 0 Å². The molecule has 1 aromatic heterocycles. The number of aromatic nitrogens is 1. The lowest BCUT2D eigenvalue weighted by atomic mass is 10.0. The Balaban J connectivity index is 1.42. The van der Waals surface area contributed by atoms with Crippen molar-refractivity contribution >= 4 is 18.0 Å². The van der Waals surface area contributed by atoms with Crippen LogP contribution < -0.4 is 4.90 Å². The normalized spacial score (nSPS) is 18.4. The highest BCUT2D eigenvalue weighted by Crippen LogP contribution is 2.27. The number of nitrogens with zero attached hydrogens (tertiary/aromatic N) is 4. The smallest absolute Gasteiger partial charge is 0.416 e. The number of carbonyl (C=O) groups excluding carboxylic acids is 2. The Bertz CT molecular complexity index is 906. The number of likely N-dealkylation sites (N-methyl/N-ethyl adjacent to an activating group) is 1. The summed E-state index contributed by atoms with van der Waals surface area (Å²) in [6, 6.07) is 4.62. The molecule has 0 spiro atoms. The van der Waals surface area contributed by atoms with Crippen molar-refractivity contribution in [1.82, 2.24) is 14.8 Å². The molecule has 1 atom stereocenters. The SMILES string of the molecule is CN(CCCCCc1ccc2c(n1)N(C(=O)OC(C)(C)C)CCC2)[C@H]1CCN(C(=O)OC(C)(C)C)C1. The average Bonchev–Trinajstić information content (AvgIpc) is 3.26. The van der Waals surface area contributed by atoms with Gasteiger partial charge in [-0.3, -0.25) is 4.90 Å². The number of aryl methyl sites for hydroxylation is 2. The third-order valence-electron chi connectivity index (χ3n) is 6.59. The molecule has 0 saturated carbocycles. The first-order chi connectivity index (χ1) is 16.8. The summed E-state index contributed by atoms with van der Waals surface area (Å²) in [5.41, 5.74) is 1.17. The minimum atomic E-state index is -0.522. The minimum Gasteiger partial charge on any atom is -0.444 e. The Hall–Kier alpha value is -2.35. The molecule has 1 saturated heterocycles. The number of ether oxygens (including phenoxy) is 2. The lowest BCUT2D eigenvalue weighted by molar-refractivity contribution is 0.0282. The van der Waals surface area contributed by atoms with Gasteiger partial charge < -0.3 is 19.3 Å². The summed E-state index contributed by atoms with van der Waals surface area (Å²) in [6.45, 7) is 14.5. The average molecular weight is 503 g/mol. The lowest BCUT2D eigenvalue weighted by Crippen LogP contribution is -2.40. The summed E-state index contributed by atoms with van der Waals surface area (Å²) in [4.78, 5) is 35.8. The molecule has 202 valence electrons. The summed E-state index contributed by atoms with van der Waals surface area (Å²) < 4.78 is 11.1. The van der Waals surface area contributed by atoms with Gasteiger partial charge >= 0.3 is 12.2 Å². The lowest BCUT2D eigenvalue weighted by Gasteiger charge is -2.31. The van der Waals surface area contributed by atoms with Gasteiger partial charge in [0, 0.05) is 31.4 Å². The van der Waals surface area contributed by atoms with E-state index in [1.54, 1.807) is 4.90 Å². The number of fused-ring (bicyclic) bond motifs is 1. The Morgan fingerprint density at radius 2 is 1.69 bits per heavy atom. The second-order valence-electron chi connectivity index (χ2n) is 12.2. The van der Waals surface area contributed by atoms with Crippen LogP contribution in [0.25, 0.3) is 0 Å². The molecule has 0 aliphatic carbocycles. The molecule has 1 fully saturated rings. The molecular weight excluding hydrogens is 456 g/mol. The third-order valence-corrected chi connectivity index (χ3v) is 6.59. The molecule has 2 amide bonds. The highest BCUT2D eigenvalue weighted by atomic mass is 16.6. The fourth-order valence-electron chi connectivity index (χ4n) is 4.73. The van der Waals surface area contributed by atoms with E-state index >= 15 is 0 Å². The van der Waals surface area contributed by atoms with Crippen LogP contribution in [0.3, 0.4) is 0 Å². The van der Waals surface area contributed by atoms with Crippen molar-refractivity contribution in [3.05, 3.63) is 23.4 Å². The fraction of sp³-hybridized carbons (Fsp3) is 0.750. The van der Waals surface area contributed by atoms with Crippen LogP contribution in [0.15, 0.2) is 12.1 Å². The van der Waals surface area contributed by atoms with Gasteiger partial charge in [0.15, 0.2) is 0 Å². The van der Waals surface area contributed by atoms with Crippen molar-refractivity contribution in [2.24, 2.45) is 0 Å². The minimum absolute atomic E-state index is 0.207. The van der Waals surface area contributed by atoms with Gasteiger partial charge in [-0.05, 0) is 105 Å². The predicted octanol–water partition coefficient (Wildman–Crippen LogP) is 5.42. The summed E-state index contributed by atoms with van der Waals surface area (Å²) >= 11 is 0. The number of likely N-dealkylation sites (tertiary alicyclic amines) is 1. The van der Waals surface area contributed by atoms with Crippen molar-refractivity contribution in [3.8, 4) is 0 Å². The maximum absolute atomic E-state index is 12.7. The monoisotopic (exact) mass is 502 g/mol. The number of pyridine rings is 1. The molecule has 0 bridgehead atoms. The maximum atomic E-state index is 12.7. The fourth-order valence-corrected chi connectivity index (χ4v) is 4.73. The van der Waals surface area contributed by atoms with E-state index in [0.717, 1.165) is 81.7 Å². The van der Waals surface area contributed by atoms with Crippen LogP contribution in [0.5, 0.6) is 0 Å². The predicted molar refractivity (Wildman–Crippen MR) is 143 cm³/mol. The van der Waals surface area contributed by atoms with E-state index in [4.69, 9.17) is 14.5 Å². The van der Waals surface area contributed by atoms with Crippen molar-refractivity contribution in [2.75, 3.05) is 38.1 Å². The van der Waals surface area contributed by atoms with E-state index in [1.165, 1.54) is 0 Å². The van der Waals surface area contributed by atoms with Crippen molar-refractivity contribution in [2.45, 2.75) is 104 Å². The van der Waals surface area contributed by atoms with Gasteiger partial charge in [0.25, 0.3) is 0 Å². The van der Waals surface area contributed by atoms with Crippen LogP contribution in [-0.2, 0) is 22.3 Å². The Kier molecular flexibility index (Phi) is 9.25. The third kappa shape index (κ3) is 8.36. The molecule has 8 nitrogen and oxygen atoms in total. The highest BCUT2D eigenvalue weighted by Gasteiger charge is 2.31. The first-order valence-corrected chi connectivity index (χ1v) is 13.5. The molecule has 1 aromatic rings. The number of hydrogen-bond acceptors (Lipinski definition) is 6. The first kappa shape index (κ1) is 28.2. The maximum Gasteiger partial charge on any atom is 0.416 e. The molecule has 2 aliphatic heterocycles. The molecule has 3 heterocycles. The summed E-state index contributed by atoms with van der Waals surface area (Å²) in [5, 5.41) is 0. The standard InChI is InChI=1S/C28H46N4O4/c1-27(2,3)35-25(33)31-19-16-23(20-31)30(7)17-10-8-9-13-22-15-14-21-12-11-18-32(24(21)29-22)26(34)36-28(4,5)6/h14-15,23H,8-13,16-20H2,1-7H3/t23-/m0/s1. The van der Waals surface area contributed by atoms with Gasteiger partial charge in [-0.1, -0.05) is 12.5 Å². The number of carbonyl (C=O) groups is 2. The number of anilines is 1. The van der Waals surface area contributed by atoms with Gasteiger partial charge in [-0.25, -0.2) is 14.6 Å². The van der Waals surface area contributed by atoms with Gasteiger partial charge in [-0.15, -0.1) is 0 Å². The summed E-state index contributed by atoms with van der Waals surface area (Å²) in [6.07, 6.45) is 6.52. The molecule has 3 rings (SSSR count). The zero-order chi connectivity index (χ0) is 26.5. The van der Waals surface area contributed by atoms with E-state index in [9.17, 15) is 9.59 Å². The van der Waals surface area contributed by atoms with Crippen LogP contribution in [0.4, 0.5) is 15.4 Å². The number of rotatable bonds is 7. The van der Waals surface area contributed by atoms with Gasteiger partial charge in [0.05, 0.1) is 0 Å². The van der Waals surface area contributed by atoms with Crippen LogP contribution in [0, 0.1) is 0 Å². The number of hydrogen-bond donors (Lipinski definition) is 0. The summed E-state index contributed by atoms with van der Waals surface area (Å²) in [7, 11) is 2.15. The van der Waals surface area contributed by atoms with Gasteiger partial charge in [0.2, 0.25) is 0 Å². The van der Waals surface area contributed by atoms with E-state index in [1.807, 2.05) is 46.4 Å².